The number of carbonyl (C=O) groups is 1. The van der Waals surface area contributed by atoms with E-state index in [0.29, 0.717) is 30.3 Å². The Morgan fingerprint density at radius 1 is 1.44 bits per heavy atom. The van der Waals surface area contributed by atoms with Crippen molar-refractivity contribution < 1.29 is 9.18 Å². The fraction of sp³-hybridized carbons (Fsp3) is 0.500. The maximum atomic E-state index is 13.7. The van der Waals surface area contributed by atoms with E-state index in [-0.39, 0.29) is 11.7 Å². The number of aromatic nitrogens is 3. The van der Waals surface area contributed by atoms with Crippen molar-refractivity contribution >= 4 is 5.91 Å². The molecule has 0 unspecified atom stereocenters. The third-order valence-corrected chi connectivity index (χ3v) is 5.19. The molecular weight excluding hydrogens is 321 g/mol. The summed E-state index contributed by atoms with van der Waals surface area (Å²) in [5.74, 6) is 0.0468. The van der Waals surface area contributed by atoms with Crippen molar-refractivity contribution in [2.75, 3.05) is 19.6 Å². The molecule has 2 N–H and O–H groups in total. The minimum absolute atomic E-state index is 0.0852. The molecule has 0 bridgehead atoms. The van der Waals surface area contributed by atoms with Gasteiger partial charge in [-0.2, -0.15) is 5.10 Å². The molecule has 1 saturated heterocycles. The van der Waals surface area contributed by atoms with Crippen molar-refractivity contribution in [3.63, 3.8) is 0 Å². The van der Waals surface area contributed by atoms with E-state index in [1.54, 1.807) is 12.3 Å². The number of amides is 1. The van der Waals surface area contributed by atoms with Crippen LogP contribution in [0.25, 0.3) is 0 Å². The van der Waals surface area contributed by atoms with Gasteiger partial charge in [-0.05, 0) is 44.2 Å². The summed E-state index contributed by atoms with van der Waals surface area (Å²) in [6, 6.07) is 1.72. The summed E-state index contributed by atoms with van der Waals surface area (Å²) < 4.78 is 13.7. The lowest BCUT2D eigenvalue weighted by atomic mass is 10.1. The monoisotopic (exact) mass is 343 g/mol. The smallest absolute Gasteiger partial charge is 0.272 e. The van der Waals surface area contributed by atoms with Gasteiger partial charge in [-0.25, -0.2) is 4.39 Å². The van der Waals surface area contributed by atoms with Crippen LogP contribution < -0.4 is 5.32 Å². The largest absolute Gasteiger partial charge is 0.350 e. The summed E-state index contributed by atoms with van der Waals surface area (Å²) in [5.41, 5.74) is 3.42. The number of likely N-dealkylation sites (tertiary alicyclic amines) is 1. The second-order valence-electron chi connectivity index (χ2n) is 6.95. The third-order valence-electron chi connectivity index (χ3n) is 5.19. The Balaban J connectivity index is 1.28. The standard InChI is InChI=1S/C18H22FN5O/c19-15-9-20-6-4-13(15)11-24-7-5-12(10-24)8-21-18(25)17-14-2-1-3-16(14)22-23-17/h4,6,9,12H,1-3,5,7-8,10-11H2,(H,21,25)(H,22,23)/t12-/m0/s1. The normalized spacial score (nSPS) is 20.0. The van der Waals surface area contributed by atoms with Crippen LogP contribution in [-0.4, -0.2) is 45.6 Å². The highest BCUT2D eigenvalue weighted by molar-refractivity contribution is 5.94. The number of rotatable bonds is 5. The number of hydrogen-bond acceptors (Lipinski definition) is 4. The zero-order valence-corrected chi connectivity index (χ0v) is 14.1. The van der Waals surface area contributed by atoms with E-state index in [9.17, 15) is 9.18 Å². The molecule has 25 heavy (non-hydrogen) atoms. The van der Waals surface area contributed by atoms with Gasteiger partial charge < -0.3 is 5.32 Å². The van der Waals surface area contributed by atoms with Crippen LogP contribution in [0.3, 0.4) is 0 Å². The van der Waals surface area contributed by atoms with Gasteiger partial charge in [0.15, 0.2) is 5.69 Å². The van der Waals surface area contributed by atoms with E-state index < -0.39 is 0 Å². The fourth-order valence-corrected chi connectivity index (χ4v) is 3.82. The zero-order valence-electron chi connectivity index (χ0n) is 14.1. The first kappa shape index (κ1) is 16.2. The minimum Gasteiger partial charge on any atom is -0.350 e. The summed E-state index contributed by atoms with van der Waals surface area (Å²) in [7, 11) is 0. The molecule has 0 spiro atoms. The van der Waals surface area contributed by atoms with Crippen LogP contribution in [-0.2, 0) is 19.4 Å². The number of aryl methyl sites for hydroxylation is 1. The Labute approximate surface area is 145 Å². The van der Waals surface area contributed by atoms with Gasteiger partial charge in [0, 0.05) is 42.7 Å². The molecule has 1 amide bonds. The molecular formula is C18H22FN5O. The van der Waals surface area contributed by atoms with Crippen LogP contribution in [0.5, 0.6) is 0 Å². The summed E-state index contributed by atoms with van der Waals surface area (Å²) in [6.45, 7) is 3.00. The van der Waals surface area contributed by atoms with E-state index in [4.69, 9.17) is 0 Å². The van der Waals surface area contributed by atoms with Gasteiger partial charge in [-0.15, -0.1) is 0 Å². The van der Waals surface area contributed by atoms with Crippen molar-refractivity contribution in [2.24, 2.45) is 5.92 Å². The van der Waals surface area contributed by atoms with Crippen LogP contribution in [0.2, 0.25) is 0 Å². The Hall–Kier alpha value is -2.28. The quantitative estimate of drug-likeness (QED) is 0.866. The molecule has 2 aromatic heterocycles. The van der Waals surface area contributed by atoms with Crippen LogP contribution in [0, 0.1) is 11.7 Å². The van der Waals surface area contributed by atoms with Crippen LogP contribution in [0.1, 0.15) is 40.2 Å². The molecule has 6 nitrogen and oxygen atoms in total. The molecule has 2 aromatic rings. The Kier molecular flexibility index (Phi) is 4.48. The summed E-state index contributed by atoms with van der Waals surface area (Å²) in [6.07, 6.45) is 6.89. The van der Waals surface area contributed by atoms with Gasteiger partial charge in [-0.3, -0.25) is 19.8 Å². The molecule has 3 heterocycles. The van der Waals surface area contributed by atoms with E-state index in [2.05, 4.69) is 25.4 Å². The summed E-state index contributed by atoms with van der Waals surface area (Å²) in [5, 5.41) is 10.2. The van der Waals surface area contributed by atoms with Crippen molar-refractivity contribution in [1.29, 1.82) is 0 Å². The number of nitrogens with one attached hydrogen (secondary N) is 2. The number of aromatic amines is 1. The SMILES string of the molecule is O=C(NC[C@@H]1CCN(Cc2ccncc2F)C1)c1n[nH]c2c1CCC2. The topological polar surface area (TPSA) is 73.9 Å². The molecule has 0 aromatic carbocycles. The Morgan fingerprint density at radius 3 is 3.24 bits per heavy atom. The van der Waals surface area contributed by atoms with Gasteiger partial charge in [0.2, 0.25) is 0 Å². The van der Waals surface area contributed by atoms with Crippen LogP contribution >= 0.6 is 0 Å². The maximum absolute atomic E-state index is 13.7. The molecule has 0 saturated carbocycles. The van der Waals surface area contributed by atoms with Gasteiger partial charge in [-0.1, -0.05) is 0 Å². The fourth-order valence-electron chi connectivity index (χ4n) is 3.82. The molecule has 1 fully saturated rings. The highest BCUT2D eigenvalue weighted by atomic mass is 19.1. The van der Waals surface area contributed by atoms with Gasteiger partial charge in [0.1, 0.15) is 5.82 Å². The lowest BCUT2D eigenvalue weighted by molar-refractivity contribution is 0.0941. The molecule has 2 aliphatic rings. The molecule has 4 rings (SSSR count). The first-order chi connectivity index (χ1) is 12.2. The Morgan fingerprint density at radius 2 is 2.36 bits per heavy atom. The van der Waals surface area contributed by atoms with Crippen molar-refractivity contribution in [3.05, 3.63) is 46.8 Å². The number of fused-ring (bicyclic) bond motifs is 1. The highest BCUT2D eigenvalue weighted by Crippen LogP contribution is 2.23. The average Bonchev–Trinajstić information content (AvgIpc) is 3.31. The van der Waals surface area contributed by atoms with Gasteiger partial charge in [0.05, 0.1) is 6.20 Å². The Bertz CT molecular complexity index is 775. The summed E-state index contributed by atoms with van der Waals surface area (Å²) >= 11 is 0. The minimum atomic E-state index is -0.258. The van der Waals surface area contributed by atoms with Crippen molar-refractivity contribution in [2.45, 2.75) is 32.2 Å². The number of halogens is 1. The molecule has 132 valence electrons. The van der Waals surface area contributed by atoms with Crippen molar-refractivity contribution in [1.82, 2.24) is 25.4 Å². The molecule has 7 heteroatoms. The van der Waals surface area contributed by atoms with Crippen molar-refractivity contribution in [3.8, 4) is 0 Å². The second kappa shape index (κ2) is 6.92. The van der Waals surface area contributed by atoms with Gasteiger partial charge >= 0.3 is 0 Å². The predicted octanol–water partition coefficient (Wildman–Crippen LogP) is 1.68. The lowest BCUT2D eigenvalue weighted by Crippen LogP contribution is -2.31. The number of pyridine rings is 1. The maximum Gasteiger partial charge on any atom is 0.272 e. The van der Waals surface area contributed by atoms with E-state index in [1.165, 1.54) is 6.20 Å². The van der Waals surface area contributed by atoms with Gasteiger partial charge in [0.25, 0.3) is 5.91 Å². The highest BCUT2D eigenvalue weighted by Gasteiger charge is 2.26. The molecule has 1 aliphatic carbocycles. The average molecular weight is 343 g/mol. The molecule has 1 atom stereocenters. The zero-order chi connectivity index (χ0) is 17.2. The lowest BCUT2D eigenvalue weighted by Gasteiger charge is -2.16. The van der Waals surface area contributed by atoms with E-state index in [1.807, 2.05) is 0 Å². The number of H-pyrrole nitrogens is 1. The second-order valence-corrected chi connectivity index (χ2v) is 6.95. The molecule has 0 radical (unpaired) electrons. The predicted molar refractivity (Wildman–Crippen MR) is 90.5 cm³/mol. The summed E-state index contributed by atoms with van der Waals surface area (Å²) in [4.78, 5) is 18.4. The number of carbonyl (C=O) groups excluding carboxylic acids is 1. The van der Waals surface area contributed by atoms with Crippen LogP contribution in [0.15, 0.2) is 18.5 Å². The number of nitrogens with zero attached hydrogens (tertiary/aromatic N) is 3. The first-order valence-electron chi connectivity index (χ1n) is 8.86. The van der Waals surface area contributed by atoms with E-state index in [0.717, 1.165) is 50.0 Å². The number of hydrogen-bond donors (Lipinski definition) is 2. The van der Waals surface area contributed by atoms with E-state index >= 15 is 0 Å². The first-order valence-corrected chi connectivity index (χ1v) is 8.86. The molecule has 1 aliphatic heterocycles. The van der Waals surface area contributed by atoms with Crippen LogP contribution in [0.4, 0.5) is 4.39 Å². The third kappa shape index (κ3) is 3.42.